The first-order valence-electron chi connectivity index (χ1n) is 10.7. The van der Waals surface area contributed by atoms with Gasteiger partial charge in [-0.25, -0.2) is 0 Å². The quantitative estimate of drug-likeness (QED) is 0.494. The van der Waals surface area contributed by atoms with Crippen molar-refractivity contribution in [3.05, 3.63) is 95.5 Å². The molecule has 2 aliphatic heterocycles. The van der Waals surface area contributed by atoms with E-state index in [2.05, 4.69) is 28.2 Å². The maximum absolute atomic E-state index is 13.4. The van der Waals surface area contributed by atoms with Crippen LogP contribution in [0.5, 0.6) is 11.5 Å². The fraction of sp³-hybridized carbons (Fsp3) is 0.154. The van der Waals surface area contributed by atoms with Gasteiger partial charge in [-0.15, -0.1) is 0 Å². The Morgan fingerprint density at radius 3 is 2.84 bits per heavy atom. The van der Waals surface area contributed by atoms with Crippen LogP contribution in [0.2, 0.25) is 0 Å². The predicted molar refractivity (Wildman–Crippen MR) is 121 cm³/mol. The number of hydrogen-bond acceptors (Lipinski definition) is 4. The van der Waals surface area contributed by atoms with Crippen LogP contribution in [0.1, 0.15) is 28.6 Å². The minimum absolute atomic E-state index is 0.0531. The van der Waals surface area contributed by atoms with Gasteiger partial charge in [0.05, 0.1) is 11.7 Å². The van der Waals surface area contributed by atoms with Gasteiger partial charge in [0, 0.05) is 35.4 Å². The van der Waals surface area contributed by atoms with E-state index in [0.29, 0.717) is 12.3 Å². The topological polar surface area (TPSA) is 67.5 Å². The number of benzene rings is 2. The first-order chi connectivity index (χ1) is 15.8. The number of hydrogen-bond donors (Lipinski definition) is 1. The highest BCUT2D eigenvalue weighted by Gasteiger charge is 2.34. The molecule has 4 aromatic rings. The molecule has 2 aromatic carbocycles. The molecule has 6 heteroatoms. The molecule has 0 radical (unpaired) electrons. The molecular weight excluding hydrogens is 402 g/mol. The van der Waals surface area contributed by atoms with E-state index in [4.69, 9.17) is 9.47 Å². The number of nitrogens with zero attached hydrogens (tertiary/aromatic N) is 2. The number of nitrogens with one attached hydrogen (secondary N) is 1. The first kappa shape index (κ1) is 18.7. The second kappa shape index (κ2) is 7.57. The van der Waals surface area contributed by atoms with Gasteiger partial charge in [0.2, 0.25) is 12.7 Å². The zero-order valence-corrected chi connectivity index (χ0v) is 17.3. The van der Waals surface area contributed by atoms with Crippen LogP contribution in [0.3, 0.4) is 0 Å². The van der Waals surface area contributed by atoms with Crippen molar-refractivity contribution in [3.63, 3.8) is 0 Å². The Bertz CT molecular complexity index is 1340. The molecule has 1 unspecified atom stereocenters. The Kier molecular flexibility index (Phi) is 4.42. The van der Waals surface area contributed by atoms with Crippen molar-refractivity contribution in [2.45, 2.75) is 12.5 Å². The lowest BCUT2D eigenvalue weighted by Gasteiger charge is -2.35. The molecule has 32 heavy (non-hydrogen) atoms. The second-order valence-corrected chi connectivity index (χ2v) is 7.95. The molecule has 0 fully saturated rings. The van der Waals surface area contributed by atoms with Gasteiger partial charge in [0.15, 0.2) is 11.5 Å². The van der Waals surface area contributed by atoms with Gasteiger partial charge in [0.1, 0.15) is 0 Å². The lowest BCUT2D eigenvalue weighted by Crippen LogP contribution is -2.39. The van der Waals surface area contributed by atoms with Gasteiger partial charge in [-0.05, 0) is 54.0 Å². The summed E-state index contributed by atoms with van der Waals surface area (Å²) in [6.07, 6.45) is 5.89. The molecule has 1 amide bonds. The number of aromatic nitrogens is 2. The SMILES string of the molecule is O=C(/C=C/c1ccccn1)N1CCc2c([nH]c3ccccc23)C1c1ccc2c(c1)OCO2. The average Bonchev–Trinajstić information content (AvgIpc) is 3.46. The number of fused-ring (bicyclic) bond motifs is 4. The van der Waals surface area contributed by atoms with E-state index in [-0.39, 0.29) is 18.7 Å². The summed E-state index contributed by atoms with van der Waals surface area (Å²) in [6.45, 7) is 0.843. The Labute approximate surface area is 185 Å². The number of H-pyrrole nitrogens is 1. The summed E-state index contributed by atoms with van der Waals surface area (Å²) in [5, 5.41) is 1.21. The van der Waals surface area contributed by atoms with E-state index in [1.54, 1.807) is 18.3 Å². The monoisotopic (exact) mass is 423 g/mol. The minimum atomic E-state index is -0.249. The zero-order chi connectivity index (χ0) is 21.5. The Morgan fingerprint density at radius 2 is 1.94 bits per heavy atom. The van der Waals surface area contributed by atoms with Crippen molar-refractivity contribution in [2.24, 2.45) is 0 Å². The normalized spacial score (nSPS) is 17.1. The molecular formula is C26H21N3O3. The number of carbonyl (C=O) groups is 1. The van der Waals surface area contributed by atoms with Crippen molar-refractivity contribution < 1.29 is 14.3 Å². The molecule has 0 saturated carbocycles. The first-order valence-corrected chi connectivity index (χ1v) is 10.7. The highest BCUT2D eigenvalue weighted by atomic mass is 16.7. The van der Waals surface area contributed by atoms with Gasteiger partial charge in [-0.3, -0.25) is 9.78 Å². The average molecular weight is 423 g/mol. The molecule has 0 aliphatic carbocycles. The maximum atomic E-state index is 13.4. The van der Waals surface area contributed by atoms with Crippen LogP contribution in [0.4, 0.5) is 0 Å². The summed E-state index contributed by atoms with van der Waals surface area (Å²) < 4.78 is 11.1. The van der Waals surface area contributed by atoms with Crippen molar-refractivity contribution in [1.82, 2.24) is 14.9 Å². The van der Waals surface area contributed by atoms with Crippen molar-refractivity contribution in [3.8, 4) is 11.5 Å². The number of aromatic amines is 1. The predicted octanol–water partition coefficient (Wildman–Crippen LogP) is 4.48. The van der Waals surface area contributed by atoms with Gasteiger partial charge >= 0.3 is 0 Å². The fourth-order valence-electron chi connectivity index (χ4n) is 4.64. The summed E-state index contributed by atoms with van der Waals surface area (Å²) in [4.78, 5) is 23.1. The number of amides is 1. The lowest BCUT2D eigenvalue weighted by atomic mass is 9.92. The van der Waals surface area contributed by atoms with Crippen LogP contribution in [-0.4, -0.2) is 34.1 Å². The molecule has 0 saturated heterocycles. The Hall–Kier alpha value is -4.06. The van der Waals surface area contributed by atoms with Crippen molar-refractivity contribution in [2.75, 3.05) is 13.3 Å². The summed E-state index contributed by atoms with van der Waals surface area (Å²) in [5.74, 6) is 1.39. The Morgan fingerprint density at radius 1 is 1.06 bits per heavy atom. The van der Waals surface area contributed by atoms with Crippen LogP contribution in [0, 0.1) is 0 Å². The minimum Gasteiger partial charge on any atom is -0.454 e. The van der Waals surface area contributed by atoms with E-state index in [1.807, 2.05) is 47.4 Å². The number of carbonyl (C=O) groups excluding carboxylic acids is 1. The third-order valence-corrected chi connectivity index (χ3v) is 6.11. The van der Waals surface area contributed by atoms with E-state index in [1.165, 1.54) is 10.9 Å². The maximum Gasteiger partial charge on any atom is 0.247 e. The Balaban J connectivity index is 1.44. The summed E-state index contributed by atoms with van der Waals surface area (Å²) in [5.41, 5.74) is 5.14. The molecule has 1 atom stereocenters. The molecule has 2 aliphatic rings. The molecule has 6 nitrogen and oxygen atoms in total. The van der Waals surface area contributed by atoms with E-state index < -0.39 is 0 Å². The summed E-state index contributed by atoms with van der Waals surface area (Å²) in [6, 6.07) is 19.6. The summed E-state index contributed by atoms with van der Waals surface area (Å²) >= 11 is 0. The largest absolute Gasteiger partial charge is 0.454 e. The smallest absolute Gasteiger partial charge is 0.247 e. The van der Waals surface area contributed by atoms with Crippen LogP contribution in [0.25, 0.3) is 17.0 Å². The van der Waals surface area contributed by atoms with Gasteiger partial charge in [-0.1, -0.05) is 30.3 Å². The molecule has 0 bridgehead atoms. The highest BCUT2D eigenvalue weighted by molar-refractivity contribution is 5.93. The zero-order valence-electron chi connectivity index (χ0n) is 17.3. The number of pyridine rings is 1. The van der Waals surface area contributed by atoms with Crippen molar-refractivity contribution >= 4 is 22.9 Å². The highest BCUT2D eigenvalue weighted by Crippen LogP contribution is 2.42. The number of rotatable bonds is 3. The number of ether oxygens (including phenoxy) is 2. The van der Waals surface area contributed by atoms with Crippen LogP contribution in [0.15, 0.2) is 72.9 Å². The summed E-state index contributed by atoms with van der Waals surface area (Å²) in [7, 11) is 0. The van der Waals surface area contributed by atoms with Crippen LogP contribution in [-0.2, 0) is 11.2 Å². The van der Waals surface area contributed by atoms with E-state index in [9.17, 15) is 4.79 Å². The van der Waals surface area contributed by atoms with Crippen LogP contribution >= 0.6 is 0 Å². The molecule has 158 valence electrons. The van der Waals surface area contributed by atoms with Crippen LogP contribution < -0.4 is 9.47 Å². The van der Waals surface area contributed by atoms with E-state index in [0.717, 1.165) is 34.6 Å². The molecule has 6 rings (SSSR count). The number of para-hydroxylation sites is 1. The third kappa shape index (κ3) is 3.12. The molecule has 1 N–H and O–H groups in total. The standard InChI is InChI=1S/C26H21N3O3/c30-24(11-9-18-5-3-4-13-27-18)29-14-12-20-19-6-1-2-7-21(19)28-25(20)26(29)17-8-10-22-23(15-17)32-16-31-22/h1-11,13,15,26,28H,12,14,16H2/b11-9+. The second-order valence-electron chi connectivity index (χ2n) is 7.95. The lowest BCUT2D eigenvalue weighted by molar-refractivity contribution is -0.128. The fourth-order valence-corrected chi connectivity index (χ4v) is 4.64. The van der Waals surface area contributed by atoms with Gasteiger partial charge in [-0.2, -0.15) is 0 Å². The molecule has 2 aromatic heterocycles. The third-order valence-electron chi connectivity index (χ3n) is 6.11. The van der Waals surface area contributed by atoms with Gasteiger partial charge in [0.25, 0.3) is 0 Å². The van der Waals surface area contributed by atoms with E-state index >= 15 is 0 Å². The molecule has 4 heterocycles. The molecule has 0 spiro atoms. The van der Waals surface area contributed by atoms with Crippen molar-refractivity contribution in [1.29, 1.82) is 0 Å². The van der Waals surface area contributed by atoms with Gasteiger partial charge < -0.3 is 19.4 Å².